The smallest absolute Gasteiger partial charge is 0.0438 e. The van der Waals surface area contributed by atoms with Crippen molar-refractivity contribution in [3.63, 3.8) is 0 Å². The maximum absolute atomic E-state index is 6.20. The monoisotopic (exact) mass is 307 g/mol. The number of benzene rings is 2. The minimum atomic E-state index is 0.282. The van der Waals surface area contributed by atoms with Gasteiger partial charge in [-0.15, -0.1) is 0 Å². The van der Waals surface area contributed by atoms with Crippen molar-refractivity contribution in [2.75, 3.05) is 0 Å². The largest absolute Gasteiger partial charge is 0.307 e. The van der Waals surface area contributed by atoms with Gasteiger partial charge < -0.3 is 5.32 Å². The van der Waals surface area contributed by atoms with E-state index in [1.165, 1.54) is 11.1 Å². The zero-order valence-electron chi connectivity index (χ0n) is 11.7. The molecule has 3 heteroatoms. The highest BCUT2D eigenvalue weighted by Crippen LogP contribution is 2.19. The molecule has 0 radical (unpaired) electrons. The fourth-order valence-electron chi connectivity index (χ4n) is 2.33. The van der Waals surface area contributed by atoms with Crippen LogP contribution in [0.4, 0.5) is 0 Å². The Kier molecular flexibility index (Phi) is 5.47. The summed E-state index contributed by atoms with van der Waals surface area (Å²) >= 11 is 12.1. The number of halogens is 2. The zero-order chi connectivity index (χ0) is 14.5. The van der Waals surface area contributed by atoms with Crippen LogP contribution in [0.25, 0.3) is 0 Å². The van der Waals surface area contributed by atoms with E-state index < -0.39 is 0 Å². The summed E-state index contributed by atoms with van der Waals surface area (Å²) in [4.78, 5) is 0. The second-order valence-corrected chi connectivity index (χ2v) is 5.98. The van der Waals surface area contributed by atoms with Gasteiger partial charge in [0.1, 0.15) is 0 Å². The van der Waals surface area contributed by atoms with E-state index in [0.29, 0.717) is 6.04 Å². The molecule has 0 aliphatic heterocycles. The molecule has 0 saturated carbocycles. The van der Waals surface area contributed by atoms with Gasteiger partial charge in [0, 0.05) is 22.1 Å². The maximum atomic E-state index is 6.20. The predicted octanol–water partition coefficient (Wildman–Crippen LogP) is 5.28. The second kappa shape index (κ2) is 7.12. The van der Waals surface area contributed by atoms with Crippen molar-refractivity contribution in [2.45, 2.75) is 32.4 Å². The Labute approximate surface area is 130 Å². The average Bonchev–Trinajstić information content (AvgIpc) is 2.42. The van der Waals surface area contributed by atoms with E-state index >= 15 is 0 Å². The molecule has 1 N–H and O–H groups in total. The molecule has 0 fully saturated rings. The molecule has 0 heterocycles. The Balaban J connectivity index is 1.96. The SMILES string of the molecule is CC(Cc1ccccc1Cl)NC(C)c1ccc(Cl)cc1. The normalized spacial score (nSPS) is 14.0. The number of rotatable bonds is 5. The number of hydrogen-bond donors (Lipinski definition) is 1. The summed E-state index contributed by atoms with van der Waals surface area (Å²) in [5.41, 5.74) is 2.41. The van der Waals surface area contributed by atoms with Crippen molar-refractivity contribution >= 4 is 23.2 Å². The zero-order valence-corrected chi connectivity index (χ0v) is 13.2. The van der Waals surface area contributed by atoms with E-state index in [1.54, 1.807) is 0 Å². The molecule has 2 atom stereocenters. The van der Waals surface area contributed by atoms with Crippen LogP contribution in [0.2, 0.25) is 10.0 Å². The molecule has 0 aliphatic carbocycles. The van der Waals surface area contributed by atoms with Crippen molar-refractivity contribution in [3.05, 3.63) is 69.7 Å². The molecular weight excluding hydrogens is 289 g/mol. The van der Waals surface area contributed by atoms with E-state index in [9.17, 15) is 0 Å². The Morgan fingerprint density at radius 1 is 0.950 bits per heavy atom. The van der Waals surface area contributed by atoms with Crippen LogP contribution in [0.1, 0.15) is 31.0 Å². The standard InChI is InChI=1S/C17H19Cl2N/c1-12(11-15-5-3-4-6-17(15)19)20-13(2)14-7-9-16(18)10-8-14/h3-10,12-13,20H,11H2,1-2H3. The molecule has 106 valence electrons. The Bertz CT molecular complexity index is 551. The number of hydrogen-bond acceptors (Lipinski definition) is 1. The first-order valence-electron chi connectivity index (χ1n) is 6.81. The van der Waals surface area contributed by atoms with Crippen LogP contribution in [-0.2, 0) is 6.42 Å². The summed E-state index contributed by atoms with van der Waals surface area (Å²) in [7, 11) is 0. The highest BCUT2D eigenvalue weighted by molar-refractivity contribution is 6.31. The average molecular weight is 308 g/mol. The molecule has 20 heavy (non-hydrogen) atoms. The molecule has 2 unspecified atom stereocenters. The molecule has 0 aromatic heterocycles. The predicted molar refractivity (Wildman–Crippen MR) is 87.6 cm³/mol. The Hall–Kier alpha value is -1.02. The third-order valence-electron chi connectivity index (χ3n) is 3.39. The highest BCUT2D eigenvalue weighted by Gasteiger charge is 2.11. The topological polar surface area (TPSA) is 12.0 Å². The van der Waals surface area contributed by atoms with E-state index in [0.717, 1.165) is 16.5 Å². The molecule has 2 aromatic carbocycles. The highest BCUT2D eigenvalue weighted by atomic mass is 35.5. The van der Waals surface area contributed by atoms with Crippen LogP contribution in [0, 0.1) is 0 Å². The van der Waals surface area contributed by atoms with E-state index in [4.69, 9.17) is 23.2 Å². The second-order valence-electron chi connectivity index (χ2n) is 5.14. The molecule has 1 nitrogen and oxygen atoms in total. The van der Waals surface area contributed by atoms with Gasteiger partial charge in [0.05, 0.1) is 0 Å². The van der Waals surface area contributed by atoms with Crippen LogP contribution >= 0.6 is 23.2 Å². The van der Waals surface area contributed by atoms with Crippen molar-refractivity contribution < 1.29 is 0 Å². The lowest BCUT2D eigenvalue weighted by molar-refractivity contribution is 0.477. The van der Waals surface area contributed by atoms with Gasteiger partial charge in [0.15, 0.2) is 0 Å². The van der Waals surface area contributed by atoms with Crippen molar-refractivity contribution in [1.82, 2.24) is 5.32 Å². The van der Waals surface area contributed by atoms with E-state index in [2.05, 4.69) is 37.4 Å². The summed E-state index contributed by atoms with van der Waals surface area (Å²) in [5, 5.41) is 5.19. The molecule has 2 rings (SSSR count). The van der Waals surface area contributed by atoms with E-state index in [-0.39, 0.29) is 6.04 Å². The molecule has 2 aromatic rings. The molecule has 0 aliphatic rings. The van der Waals surface area contributed by atoms with Crippen LogP contribution in [-0.4, -0.2) is 6.04 Å². The van der Waals surface area contributed by atoms with Gasteiger partial charge in [-0.1, -0.05) is 53.5 Å². The van der Waals surface area contributed by atoms with Gasteiger partial charge >= 0.3 is 0 Å². The quantitative estimate of drug-likeness (QED) is 0.793. The minimum absolute atomic E-state index is 0.282. The first-order valence-corrected chi connectivity index (χ1v) is 7.57. The van der Waals surface area contributed by atoms with Gasteiger partial charge in [-0.3, -0.25) is 0 Å². The lowest BCUT2D eigenvalue weighted by Gasteiger charge is -2.21. The van der Waals surface area contributed by atoms with Gasteiger partial charge in [0.25, 0.3) is 0 Å². The third kappa shape index (κ3) is 4.24. The summed E-state index contributed by atoms with van der Waals surface area (Å²) in [5.74, 6) is 0. The van der Waals surface area contributed by atoms with Crippen LogP contribution in [0.3, 0.4) is 0 Å². The number of nitrogens with one attached hydrogen (secondary N) is 1. The fourth-order valence-corrected chi connectivity index (χ4v) is 2.67. The van der Waals surface area contributed by atoms with Crippen molar-refractivity contribution in [3.8, 4) is 0 Å². The lowest BCUT2D eigenvalue weighted by atomic mass is 10.0. The first-order chi connectivity index (χ1) is 9.56. The minimum Gasteiger partial charge on any atom is -0.307 e. The Morgan fingerprint density at radius 3 is 2.25 bits per heavy atom. The van der Waals surface area contributed by atoms with Crippen LogP contribution < -0.4 is 5.32 Å². The van der Waals surface area contributed by atoms with Gasteiger partial charge in [-0.05, 0) is 49.6 Å². The summed E-state index contributed by atoms with van der Waals surface area (Å²) in [6, 6.07) is 16.6. The fraction of sp³-hybridized carbons (Fsp3) is 0.294. The molecular formula is C17H19Cl2N. The van der Waals surface area contributed by atoms with Crippen LogP contribution in [0.5, 0.6) is 0 Å². The Morgan fingerprint density at radius 2 is 1.60 bits per heavy atom. The van der Waals surface area contributed by atoms with Crippen LogP contribution in [0.15, 0.2) is 48.5 Å². The van der Waals surface area contributed by atoms with Gasteiger partial charge in [-0.2, -0.15) is 0 Å². The third-order valence-corrected chi connectivity index (χ3v) is 4.01. The summed E-state index contributed by atoms with van der Waals surface area (Å²) in [6.45, 7) is 4.34. The maximum Gasteiger partial charge on any atom is 0.0438 e. The molecule has 0 bridgehead atoms. The van der Waals surface area contributed by atoms with Crippen molar-refractivity contribution in [1.29, 1.82) is 0 Å². The van der Waals surface area contributed by atoms with Gasteiger partial charge in [-0.25, -0.2) is 0 Å². The lowest BCUT2D eigenvalue weighted by Crippen LogP contribution is -2.30. The summed E-state index contributed by atoms with van der Waals surface area (Å²) < 4.78 is 0. The van der Waals surface area contributed by atoms with E-state index in [1.807, 2.05) is 30.3 Å². The van der Waals surface area contributed by atoms with Crippen molar-refractivity contribution in [2.24, 2.45) is 0 Å². The first kappa shape index (κ1) is 15.4. The molecule has 0 spiro atoms. The molecule has 0 saturated heterocycles. The summed E-state index contributed by atoms with van der Waals surface area (Å²) in [6.07, 6.45) is 0.914. The van der Waals surface area contributed by atoms with Gasteiger partial charge in [0.2, 0.25) is 0 Å². The molecule has 0 amide bonds.